The van der Waals surface area contributed by atoms with Gasteiger partial charge in [0.25, 0.3) is 0 Å². The van der Waals surface area contributed by atoms with Gasteiger partial charge in [0.2, 0.25) is 10.0 Å². The van der Waals surface area contributed by atoms with Gasteiger partial charge in [0.05, 0.1) is 0 Å². The lowest BCUT2D eigenvalue weighted by Gasteiger charge is -2.35. The van der Waals surface area contributed by atoms with E-state index in [-0.39, 0.29) is 17.0 Å². The predicted molar refractivity (Wildman–Crippen MR) is 79.7 cm³/mol. The fourth-order valence-electron chi connectivity index (χ4n) is 3.12. The Morgan fingerprint density at radius 1 is 1.21 bits per heavy atom. The molecule has 2 aliphatic rings. The molecule has 0 spiro atoms. The normalized spacial score (nSPS) is 31.6. The maximum Gasteiger partial charge on any atom is 0.245 e. The summed E-state index contributed by atoms with van der Waals surface area (Å²) in [6.45, 7) is 0. The van der Waals surface area contributed by atoms with E-state index >= 15 is 0 Å². The molecule has 2 unspecified atom stereocenters. The summed E-state index contributed by atoms with van der Waals surface area (Å²) >= 11 is 6.91. The number of pyridine rings is 1. The van der Waals surface area contributed by atoms with E-state index in [2.05, 4.69) is 36.8 Å². The molecule has 1 aromatic rings. The molecule has 0 amide bonds. The topological polar surface area (TPSA) is 50.3 Å². The Morgan fingerprint density at radius 2 is 1.84 bits per heavy atom. The van der Waals surface area contributed by atoms with Crippen LogP contribution in [0.5, 0.6) is 0 Å². The Kier molecular flexibility index (Phi) is 3.75. The Morgan fingerprint density at radius 3 is 2.42 bits per heavy atom. The zero-order valence-electron chi connectivity index (χ0n) is 10.2. The van der Waals surface area contributed by atoms with Crippen LogP contribution in [0, 0.1) is 0 Å². The molecule has 0 radical (unpaired) electrons. The molecule has 2 fully saturated rings. The summed E-state index contributed by atoms with van der Waals surface area (Å²) in [6, 6.07) is 1.89. The second-order valence-electron chi connectivity index (χ2n) is 5.13. The molecular formula is C12H14Br2N2O2S. The van der Waals surface area contributed by atoms with Crippen LogP contribution in [0.1, 0.15) is 25.7 Å². The van der Waals surface area contributed by atoms with Crippen molar-refractivity contribution in [3.63, 3.8) is 0 Å². The second kappa shape index (κ2) is 5.09. The molecule has 0 aliphatic carbocycles. The van der Waals surface area contributed by atoms with E-state index < -0.39 is 10.0 Å². The minimum atomic E-state index is -3.42. The number of rotatable bonds is 2. The molecule has 19 heavy (non-hydrogen) atoms. The van der Waals surface area contributed by atoms with Crippen molar-refractivity contribution in [3.05, 3.63) is 22.9 Å². The van der Waals surface area contributed by atoms with Crippen LogP contribution >= 0.6 is 31.9 Å². The van der Waals surface area contributed by atoms with Crippen molar-refractivity contribution < 1.29 is 8.42 Å². The molecule has 4 nitrogen and oxygen atoms in total. The van der Waals surface area contributed by atoms with Crippen LogP contribution in [0.2, 0.25) is 0 Å². The predicted octanol–water partition coefficient (Wildman–Crippen LogP) is 2.92. The Bertz CT molecular complexity index is 579. The van der Waals surface area contributed by atoms with Crippen LogP contribution in [-0.2, 0) is 10.0 Å². The maximum atomic E-state index is 12.8. The van der Waals surface area contributed by atoms with Crippen molar-refractivity contribution in [2.75, 3.05) is 0 Å². The highest BCUT2D eigenvalue weighted by Crippen LogP contribution is 2.41. The first-order chi connectivity index (χ1) is 8.98. The van der Waals surface area contributed by atoms with Crippen molar-refractivity contribution in [2.24, 2.45) is 0 Å². The van der Waals surface area contributed by atoms with Crippen molar-refractivity contribution >= 4 is 41.9 Å². The average molecular weight is 410 g/mol. The number of alkyl halides is 1. The van der Waals surface area contributed by atoms with Crippen LogP contribution in [0.4, 0.5) is 0 Å². The first-order valence-corrected chi connectivity index (χ1v) is 9.41. The van der Waals surface area contributed by atoms with Gasteiger partial charge in [-0.1, -0.05) is 15.9 Å². The van der Waals surface area contributed by atoms with Crippen LogP contribution in [-0.4, -0.2) is 34.6 Å². The fourth-order valence-corrected chi connectivity index (χ4v) is 6.38. The van der Waals surface area contributed by atoms with E-state index in [4.69, 9.17) is 0 Å². The molecule has 3 heterocycles. The highest BCUT2D eigenvalue weighted by molar-refractivity contribution is 9.10. The van der Waals surface area contributed by atoms with E-state index in [1.54, 1.807) is 16.6 Å². The van der Waals surface area contributed by atoms with Gasteiger partial charge in [-0.3, -0.25) is 4.98 Å². The third-order valence-corrected chi connectivity index (χ3v) is 7.02. The Hall–Kier alpha value is 0.0200. The van der Waals surface area contributed by atoms with Gasteiger partial charge >= 0.3 is 0 Å². The minimum Gasteiger partial charge on any atom is -0.262 e. The lowest BCUT2D eigenvalue weighted by atomic mass is 10.1. The summed E-state index contributed by atoms with van der Waals surface area (Å²) in [5.41, 5.74) is 0. The first-order valence-electron chi connectivity index (χ1n) is 6.26. The molecule has 7 heteroatoms. The third kappa shape index (κ3) is 2.50. The maximum absolute atomic E-state index is 12.8. The zero-order chi connectivity index (χ0) is 13.6. The highest BCUT2D eigenvalue weighted by atomic mass is 79.9. The minimum absolute atomic E-state index is 0.132. The lowest BCUT2D eigenvalue weighted by molar-refractivity contribution is 0.255. The number of hydrogen-bond acceptors (Lipinski definition) is 3. The highest BCUT2D eigenvalue weighted by Gasteiger charge is 2.46. The Balaban J connectivity index is 1.98. The zero-order valence-corrected chi connectivity index (χ0v) is 14.2. The molecule has 2 atom stereocenters. The van der Waals surface area contributed by atoms with E-state index in [1.165, 1.54) is 6.20 Å². The van der Waals surface area contributed by atoms with Crippen LogP contribution in [0.3, 0.4) is 0 Å². The fraction of sp³-hybridized carbons (Fsp3) is 0.583. The monoisotopic (exact) mass is 408 g/mol. The number of aromatic nitrogens is 1. The van der Waals surface area contributed by atoms with Gasteiger partial charge in [-0.05, 0) is 47.7 Å². The molecule has 2 bridgehead atoms. The van der Waals surface area contributed by atoms with Gasteiger partial charge in [-0.2, -0.15) is 4.31 Å². The van der Waals surface area contributed by atoms with E-state index in [1.807, 2.05) is 0 Å². The van der Waals surface area contributed by atoms with E-state index in [0.717, 1.165) is 25.7 Å². The Labute approximate surface area is 129 Å². The summed E-state index contributed by atoms with van der Waals surface area (Å²) in [6.07, 6.45) is 6.76. The molecule has 1 aromatic heterocycles. The van der Waals surface area contributed by atoms with Crippen LogP contribution in [0.15, 0.2) is 27.8 Å². The largest absolute Gasteiger partial charge is 0.262 e. The van der Waals surface area contributed by atoms with Gasteiger partial charge in [0.15, 0.2) is 0 Å². The number of piperidine rings is 1. The van der Waals surface area contributed by atoms with Crippen molar-refractivity contribution in [1.29, 1.82) is 0 Å². The average Bonchev–Trinajstić information content (AvgIpc) is 2.63. The number of fused-ring (bicyclic) bond motifs is 2. The standard InChI is InChI=1S/C12H14Br2N2O2S/c13-8-3-10-1-2-11(4-8)16(10)19(17,18)12-5-9(14)6-15-7-12/h5-8,10-11H,1-4H2. The van der Waals surface area contributed by atoms with E-state index in [0.29, 0.717) is 9.30 Å². The summed E-state index contributed by atoms with van der Waals surface area (Å²) in [4.78, 5) is 4.69. The molecule has 0 aromatic carbocycles. The van der Waals surface area contributed by atoms with E-state index in [9.17, 15) is 8.42 Å². The summed E-state index contributed by atoms with van der Waals surface area (Å²) < 4.78 is 27.9. The summed E-state index contributed by atoms with van der Waals surface area (Å²) in [5.74, 6) is 0. The first kappa shape index (κ1) is 14.0. The molecule has 2 aliphatic heterocycles. The number of halogens is 2. The van der Waals surface area contributed by atoms with Gasteiger partial charge < -0.3 is 0 Å². The summed E-state index contributed by atoms with van der Waals surface area (Å²) in [7, 11) is -3.42. The number of sulfonamides is 1. The third-order valence-electron chi connectivity index (χ3n) is 3.86. The van der Waals surface area contributed by atoms with Gasteiger partial charge in [-0.15, -0.1) is 0 Å². The van der Waals surface area contributed by atoms with Gasteiger partial charge in [-0.25, -0.2) is 8.42 Å². The van der Waals surface area contributed by atoms with Crippen molar-refractivity contribution in [1.82, 2.24) is 9.29 Å². The SMILES string of the molecule is O=S(=O)(c1cncc(Br)c1)N1C2CCC1CC(Br)C2. The van der Waals surface area contributed by atoms with Crippen molar-refractivity contribution in [3.8, 4) is 0 Å². The molecule has 0 N–H and O–H groups in total. The van der Waals surface area contributed by atoms with Crippen LogP contribution in [0.25, 0.3) is 0 Å². The van der Waals surface area contributed by atoms with Gasteiger partial charge in [0.1, 0.15) is 4.90 Å². The van der Waals surface area contributed by atoms with Crippen molar-refractivity contribution in [2.45, 2.75) is 47.5 Å². The lowest BCUT2D eigenvalue weighted by Crippen LogP contribution is -2.46. The molecule has 3 rings (SSSR count). The number of nitrogens with zero attached hydrogens (tertiary/aromatic N) is 2. The smallest absolute Gasteiger partial charge is 0.245 e. The van der Waals surface area contributed by atoms with Gasteiger partial charge in [0, 0.05) is 33.8 Å². The summed E-state index contributed by atoms with van der Waals surface area (Å²) in [5, 5.41) is 0. The quantitative estimate of drug-likeness (QED) is 0.705. The molecular weight excluding hydrogens is 396 g/mol. The number of hydrogen-bond donors (Lipinski definition) is 0. The molecule has 0 saturated carbocycles. The van der Waals surface area contributed by atoms with Crippen LogP contribution < -0.4 is 0 Å². The molecule has 104 valence electrons. The second-order valence-corrected chi connectivity index (χ2v) is 9.18. The molecule has 2 saturated heterocycles.